The Labute approximate surface area is 99.4 Å². The highest BCUT2D eigenvalue weighted by molar-refractivity contribution is 4.80. The highest BCUT2D eigenvalue weighted by Gasteiger charge is 2.28. The minimum absolute atomic E-state index is 0.110. The lowest BCUT2D eigenvalue weighted by Gasteiger charge is -2.31. The molecule has 94 valence electrons. The molecule has 0 aromatic heterocycles. The van der Waals surface area contributed by atoms with Gasteiger partial charge in [-0.25, -0.2) is 0 Å². The van der Waals surface area contributed by atoms with Crippen molar-refractivity contribution in [2.75, 3.05) is 6.61 Å². The first-order valence-electron chi connectivity index (χ1n) is 7.09. The third kappa shape index (κ3) is 3.21. The lowest BCUT2D eigenvalue weighted by atomic mass is 9.77. The molecule has 1 saturated carbocycles. The van der Waals surface area contributed by atoms with Gasteiger partial charge in [-0.15, -0.1) is 0 Å². The molecule has 16 heavy (non-hydrogen) atoms. The van der Waals surface area contributed by atoms with Crippen LogP contribution in [0.25, 0.3) is 0 Å². The first kappa shape index (κ1) is 12.4. The van der Waals surface area contributed by atoms with Crippen LogP contribution in [0.4, 0.5) is 0 Å². The van der Waals surface area contributed by atoms with Crippen LogP contribution in [0.1, 0.15) is 58.3 Å². The van der Waals surface area contributed by atoms with Gasteiger partial charge in [0.2, 0.25) is 0 Å². The van der Waals surface area contributed by atoms with E-state index >= 15 is 0 Å². The van der Waals surface area contributed by atoms with Gasteiger partial charge in [-0.3, -0.25) is 0 Å². The standard InChI is InChI=1S/C14H26O2/c1-2-11-5-7-12(8-6-11)14(15)10-13-4-3-9-16-13/h11-15H,2-10H2,1H3. The summed E-state index contributed by atoms with van der Waals surface area (Å²) in [5, 5.41) is 10.2. The molecule has 2 nitrogen and oxygen atoms in total. The van der Waals surface area contributed by atoms with E-state index in [1.807, 2.05) is 0 Å². The van der Waals surface area contributed by atoms with Gasteiger partial charge >= 0.3 is 0 Å². The molecule has 2 fully saturated rings. The van der Waals surface area contributed by atoms with E-state index in [4.69, 9.17) is 4.74 Å². The van der Waals surface area contributed by atoms with E-state index in [-0.39, 0.29) is 6.10 Å². The van der Waals surface area contributed by atoms with Gasteiger partial charge in [-0.1, -0.05) is 26.2 Å². The monoisotopic (exact) mass is 226 g/mol. The van der Waals surface area contributed by atoms with Gasteiger partial charge in [0.05, 0.1) is 12.2 Å². The maximum Gasteiger partial charge on any atom is 0.0600 e. The molecule has 1 aliphatic heterocycles. The van der Waals surface area contributed by atoms with Crippen molar-refractivity contribution in [3.63, 3.8) is 0 Å². The Bertz CT molecular complexity index is 191. The average molecular weight is 226 g/mol. The fourth-order valence-electron chi connectivity index (χ4n) is 3.27. The van der Waals surface area contributed by atoms with Crippen molar-refractivity contribution in [1.29, 1.82) is 0 Å². The molecule has 2 atom stereocenters. The number of hydrogen-bond acceptors (Lipinski definition) is 2. The number of rotatable bonds is 4. The summed E-state index contributed by atoms with van der Waals surface area (Å²) in [6, 6.07) is 0. The maximum absolute atomic E-state index is 10.2. The Morgan fingerprint density at radius 3 is 2.50 bits per heavy atom. The molecule has 2 heteroatoms. The summed E-state index contributed by atoms with van der Waals surface area (Å²) in [7, 11) is 0. The molecule has 0 amide bonds. The van der Waals surface area contributed by atoms with Crippen LogP contribution in [0.2, 0.25) is 0 Å². The summed E-state index contributed by atoms with van der Waals surface area (Å²) < 4.78 is 5.60. The van der Waals surface area contributed by atoms with Crippen LogP contribution in [-0.2, 0) is 4.74 Å². The summed E-state index contributed by atoms with van der Waals surface area (Å²) in [4.78, 5) is 0. The number of aliphatic hydroxyl groups excluding tert-OH is 1. The molecule has 2 rings (SSSR count). The lowest BCUT2D eigenvalue weighted by Crippen LogP contribution is -2.29. The van der Waals surface area contributed by atoms with Gasteiger partial charge in [0, 0.05) is 6.61 Å². The Kier molecular flexibility index (Phi) is 4.66. The van der Waals surface area contributed by atoms with Crippen molar-refractivity contribution in [3.8, 4) is 0 Å². The minimum Gasteiger partial charge on any atom is -0.393 e. The van der Waals surface area contributed by atoms with Crippen LogP contribution >= 0.6 is 0 Å². The number of aliphatic hydroxyl groups is 1. The second kappa shape index (κ2) is 6.02. The number of ether oxygens (including phenoxy) is 1. The van der Waals surface area contributed by atoms with Crippen LogP contribution in [0, 0.1) is 11.8 Å². The van der Waals surface area contributed by atoms with Crippen LogP contribution in [0.15, 0.2) is 0 Å². The Morgan fingerprint density at radius 1 is 1.19 bits per heavy atom. The van der Waals surface area contributed by atoms with E-state index < -0.39 is 0 Å². The SMILES string of the molecule is CCC1CCC(C(O)CC2CCCO2)CC1. The third-order valence-corrected chi connectivity index (χ3v) is 4.54. The Balaban J connectivity index is 1.70. The second-order valence-corrected chi connectivity index (χ2v) is 5.63. The first-order valence-corrected chi connectivity index (χ1v) is 7.09. The number of hydrogen-bond donors (Lipinski definition) is 1. The van der Waals surface area contributed by atoms with Gasteiger partial charge < -0.3 is 9.84 Å². The van der Waals surface area contributed by atoms with Gasteiger partial charge in [-0.2, -0.15) is 0 Å². The summed E-state index contributed by atoms with van der Waals surface area (Å²) in [5.41, 5.74) is 0. The van der Waals surface area contributed by atoms with E-state index in [1.165, 1.54) is 38.5 Å². The molecule has 1 heterocycles. The summed E-state index contributed by atoms with van der Waals surface area (Å²) in [6.45, 7) is 3.19. The fourth-order valence-corrected chi connectivity index (χ4v) is 3.27. The molecule has 2 unspecified atom stereocenters. The third-order valence-electron chi connectivity index (χ3n) is 4.54. The van der Waals surface area contributed by atoms with Gasteiger partial charge in [-0.05, 0) is 43.9 Å². The zero-order chi connectivity index (χ0) is 11.4. The molecular formula is C14H26O2. The molecule has 1 N–H and O–H groups in total. The van der Waals surface area contributed by atoms with Crippen LogP contribution in [0.5, 0.6) is 0 Å². The average Bonchev–Trinajstić information content (AvgIpc) is 2.82. The van der Waals surface area contributed by atoms with E-state index in [0.717, 1.165) is 25.4 Å². The molecule has 0 bridgehead atoms. The molecule has 0 aromatic rings. The summed E-state index contributed by atoms with van der Waals surface area (Å²) in [6.07, 6.45) is 9.86. The van der Waals surface area contributed by atoms with E-state index in [2.05, 4.69) is 6.92 Å². The predicted molar refractivity (Wildman–Crippen MR) is 65.3 cm³/mol. The highest BCUT2D eigenvalue weighted by atomic mass is 16.5. The van der Waals surface area contributed by atoms with Crippen molar-refractivity contribution < 1.29 is 9.84 Å². The zero-order valence-electron chi connectivity index (χ0n) is 10.5. The summed E-state index contributed by atoms with van der Waals surface area (Å²) in [5.74, 6) is 1.47. The Hall–Kier alpha value is -0.0800. The van der Waals surface area contributed by atoms with Crippen molar-refractivity contribution >= 4 is 0 Å². The molecule has 2 aliphatic rings. The van der Waals surface area contributed by atoms with Crippen molar-refractivity contribution in [2.24, 2.45) is 11.8 Å². The Morgan fingerprint density at radius 2 is 1.94 bits per heavy atom. The minimum atomic E-state index is -0.110. The maximum atomic E-state index is 10.2. The summed E-state index contributed by atoms with van der Waals surface area (Å²) >= 11 is 0. The molecular weight excluding hydrogens is 200 g/mol. The smallest absolute Gasteiger partial charge is 0.0600 e. The quantitative estimate of drug-likeness (QED) is 0.798. The predicted octanol–water partition coefficient (Wildman–Crippen LogP) is 3.13. The van der Waals surface area contributed by atoms with Crippen LogP contribution < -0.4 is 0 Å². The van der Waals surface area contributed by atoms with Crippen molar-refractivity contribution in [1.82, 2.24) is 0 Å². The van der Waals surface area contributed by atoms with E-state index in [1.54, 1.807) is 0 Å². The topological polar surface area (TPSA) is 29.5 Å². The second-order valence-electron chi connectivity index (χ2n) is 5.63. The van der Waals surface area contributed by atoms with Crippen molar-refractivity contribution in [3.05, 3.63) is 0 Å². The van der Waals surface area contributed by atoms with Gasteiger partial charge in [0.1, 0.15) is 0 Å². The van der Waals surface area contributed by atoms with Crippen LogP contribution in [-0.4, -0.2) is 23.9 Å². The molecule has 1 aliphatic carbocycles. The fraction of sp³-hybridized carbons (Fsp3) is 1.00. The van der Waals surface area contributed by atoms with Gasteiger partial charge in [0.25, 0.3) is 0 Å². The zero-order valence-corrected chi connectivity index (χ0v) is 10.5. The normalized spacial score (nSPS) is 37.5. The van der Waals surface area contributed by atoms with Gasteiger partial charge in [0.15, 0.2) is 0 Å². The molecule has 1 saturated heterocycles. The van der Waals surface area contributed by atoms with Crippen molar-refractivity contribution in [2.45, 2.75) is 70.5 Å². The molecule has 0 spiro atoms. The van der Waals surface area contributed by atoms with E-state index in [9.17, 15) is 5.11 Å². The largest absolute Gasteiger partial charge is 0.393 e. The lowest BCUT2D eigenvalue weighted by molar-refractivity contribution is 0.0131. The molecule has 0 radical (unpaired) electrons. The molecule has 0 aromatic carbocycles. The first-order chi connectivity index (χ1) is 7.79. The highest BCUT2D eigenvalue weighted by Crippen LogP contribution is 2.34. The van der Waals surface area contributed by atoms with Crippen LogP contribution in [0.3, 0.4) is 0 Å². The van der Waals surface area contributed by atoms with E-state index in [0.29, 0.717) is 12.0 Å².